The number of hydrogen-bond donors (Lipinski definition) is 3. The summed E-state index contributed by atoms with van der Waals surface area (Å²) in [5, 5.41) is 12.6. The second kappa shape index (κ2) is 5.64. The summed E-state index contributed by atoms with van der Waals surface area (Å²) in [7, 11) is 0. The van der Waals surface area contributed by atoms with E-state index >= 15 is 0 Å². The molecule has 0 aromatic rings. The summed E-state index contributed by atoms with van der Waals surface area (Å²) in [6.07, 6.45) is 4.89. The molecule has 0 saturated heterocycles. The molecule has 0 aromatic carbocycles. The summed E-state index contributed by atoms with van der Waals surface area (Å²) in [6, 6.07) is -0.110. The molecule has 4 heteroatoms. The van der Waals surface area contributed by atoms with Gasteiger partial charge in [-0.1, -0.05) is 26.2 Å². The Bertz CT molecular complexity index is 241. The van der Waals surface area contributed by atoms with Crippen LogP contribution in [0.1, 0.15) is 52.4 Å². The number of rotatable bonds is 4. The van der Waals surface area contributed by atoms with E-state index in [4.69, 9.17) is 5.73 Å². The third-order valence-corrected chi connectivity index (χ3v) is 3.33. The molecule has 4 N–H and O–H groups in total. The maximum absolute atomic E-state index is 11.9. The van der Waals surface area contributed by atoms with E-state index in [2.05, 4.69) is 5.32 Å². The van der Waals surface area contributed by atoms with E-state index in [1.165, 1.54) is 0 Å². The van der Waals surface area contributed by atoms with Crippen LogP contribution in [0.3, 0.4) is 0 Å². The topological polar surface area (TPSA) is 75.4 Å². The Morgan fingerprint density at radius 2 is 2.12 bits per heavy atom. The monoisotopic (exact) mass is 228 g/mol. The molecule has 4 nitrogen and oxygen atoms in total. The molecule has 0 bridgehead atoms. The molecule has 1 amide bonds. The molecule has 0 heterocycles. The van der Waals surface area contributed by atoms with Crippen LogP contribution in [0.15, 0.2) is 0 Å². The molecule has 0 aliphatic heterocycles. The quantitative estimate of drug-likeness (QED) is 0.670. The van der Waals surface area contributed by atoms with Crippen molar-refractivity contribution in [1.82, 2.24) is 5.32 Å². The van der Waals surface area contributed by atoms with Gasteiger partial charge in [-0.25, -0.2) is 0 Å². The van der Waals surface area contributed by atoms with Gasteiger partial charge in [0.15, 0.2) is 0 Å². The minimum absolute atomic E-state index is 0.110. The first-order valence-electron chi connectivity index (χ1n) is 6.25. The standard InChI is InChI=1S/C12H24N2O2/c1-3-8-12(2,13)11(16)14-9-6-4-5-7-10(9)15/h9-10,15H,3-8,13H2,1-2H3,(H,14,16)/t9-,10-,12?/m0/s1. The predicted molar refractivity (Wildman–Crippen MR) is 63.9 cm³/mol. The Kier molecular flexibility index (Phi) is 4.74. The summed E-state index contributed by atoms with van der Waals surface area (Å²) in [6.45, 7) is 3.76. The number of aliphatic hydroxyl groups excluding tert-OH is 1. The van der Waals surface area contributed by atoms with Gasteiger partial charge in [0.2, 0.25) is 5.91 Å². The van der Waals surface area contributed by atoms with E-state index in [9.17, 15) is 9.90 Å². The van der Waals surface area contributed by atoms with Gasteiger partial charge in [0, 0.05) is 0 Å². The summed E-state index contributed by atoms with van der Waals surface area (Å²) in [4.78, 5) is 11.9. The zero-order chi connectivity index (χ0) is 12.2. The van der Waals surface area contributed by atoms with Crippen molar-refractivity contribution in [3.05, 3.63) is 0 Å². The van der Waals surface area contributed by atoms with Crippen molar-refractivity contribution in [3.8, 4) is 0 Å². The number of carbonyl (C=O) groups excluding carboxylic acids is 1. The zero-order valence-corrected chi connectivity index (χ0v) is 10.3. The van der Waals surface area contributed by atoms with Gasteiger partial charge in [-0.15, -0.1) is 0 Å². The van der Waals surface area contributed by atoms with Crippen LogP contribution in [0.25, 0.3) is 0 Å². The first kappa shape index (κ1) is 13.5. The van der Waals surface area contributed by atoms with Crippen molar-refractivity contribution in [3.63, 3.8) is 0 Å². The summed E-state index contributed by atoms with van der Waals surface area (Å²) >= 11 is 0. The van der Waals surface area contributed by atoms with Crippen LogP contribution in [0.4, 0.5) is 0 Å². The van der Waals surface area contributed by atoms with Crippen LogP contribution in [0, 0.1) is 0 Å². The highest BCUT2D eigenvalue weighted by atomic mass is 16.3. The Hall–Kier alpha value is -0.610. The van der Waals surface area contributed by atoms with Gasteiger partial charge >= 0.3 is 0 Å². The van der Waals surface area contributed by atoms with E-state index in [1.807, 2.05) is 6.92 Å². The molecule has 16 heavy (non-hydrogen) atoms. The largest absolute Gasteiger partial charge is 0.391 e. The summed E-state index contributed by atoms with van der Waals surface area (Å²) in [5.41, 5.74) is 5.13. The van der Waals surface area contributed by atoms with Gasteiger partial charge < -0.3 is 16.2 Å². The number of hydrogen-bond acceptors (Lipinski definition) is 3. The van der Waals surface area contributed by atoms with E-state index in [-0.39, 0.29) is 11.9 Å². The molecule has 1 aliphatic rings. The fraction of sp³-hybridized carbons (Fsp3) is 0.917. The SMILES string of the molecule is CCCC(C)(N)C(=O)N[C@H]1CCCC[C@@H]1O. The predicted octanol–water partition coefficient (Wildman–Crippen LogP) is 0.924. The molecule has 1 saturated carbocycles. The Morgan fingerprint density at radius 1 is 1.50 bits per heavy atom. The average molecular weight is 228 g/mol. The van der Waals surface area contributed by atoms with Crippen molar-refractivity contribution in [2.24, 2.45) is 5.73 Å². The second-order valence-corrected chi connectivity index (χ2v) is 5.10. The molecular weight excluding hydrogens is 204 g/mol. The maximum Gasteiger partial charge on any atom is 0.240 e. The minimum atomic E-state index is -0.814. The minimum Gasteiger partial charge on any atom is -0.391 e. The number of carbonyl (C=O) groups is 1. The normalized spacial score (nSPS) is 29.5. The lowest BCUT2D eigenvalue weighted by Crippen LogP contribution is -2.56. The average Bonchev–Trinajstić information content (AvgIpc) is 2.21. The Balaban J connectivity index is 2.49. The molecule has 1 fully saturated rings. The number of aliphatic hydroxyl groups is 1. The van der Waals surface area contributed by atoms with Crippen LogP contribution in [0.5, 0.6) is 0 Å². The molecule has 94 valence electrons. The van der Waals surface area contributed by atoms with Gasteiger partial charge in [0.05, 0.1) is 17.7 Å². The summed E-state index contributed by atoms with van der Waals surface area (Å²) < 4.78 is 0. The number of nitrogens with two attached hydrogens (primary N) is 1. The molecule has 1 rings (SSSR count). The van der Waals surface area contributed by atoms with Crippen molar-refractivity contribution < 1.29 is 9.90 Å². The third-order valence-electron chi connectivity index (χ3n) is 3.33. The molecule has 0 radical (unpaired) electrons. The van der Waals surface area contributed by atoms with E-state index in [1.54, 1.807) is 6.92 Å². The maximum atomic E-state index is 11.9. The van der Waals surface area contributed by atoms with Crippen LogP contribution in [-0.4, -0.2) is 28.7 Å². The smallest absolute Gasteiger partial charge is 0.240 e. The van der Waals surface area contributed by atoms with Crippen LogP contribution >= 0.6 is 0 Å². The Morgan fingerprint density at radius 3 is 2.69 bits per heavy atom. The van der Waals surface area contributed by atoms with Gasteiger partial charge in [0.25, 0.3) is 0 Å². The van der Waals surface area contributed by atoms with Crippen molar-refractivity contribution in [2.45, 2.75) is 70.1 Å². The first-order valence-corrected chi connectivity index (χ1v) is 6.25. The van der Waals surface area contributed by atoms with Gasteiger partial charge in [-0.3, -0.25) is 4.79 Å². The Labute approximate surface area is 97.6 Å². The highest BCUT2D eigenvalue weighted by Gasteiger charge is 2.31. The van der Waals surface area contributed by atoms with Crippen molar-refractivity contribution in [1.29, 1.82) is 0 Å². The number of nitrogens with one attached hydrogen (secondary N) is 1. The van der Waals surface area contributed by atoms with E-state index in [0.717, 1.165) is 32.1 Å². The molecule has 1 unspecified atom stereocenters. The third kappa shape index (κ3) is 3.46. The highest BCUT2D eigenvalue weighted by molar-refractivity contribution is 5.85. The number of amides is 1. The van der Waals surface area contributed by atoms with E-state index in [0.29, 0.717) is 6.42 Å². The summed E-state index contributed by atoms with van der Waals surface area (Å²) in [5.74, 6) is -0.139. The van der Waals surface area contributed by atoms with Gasteiger partial charge in [0.1, 0.15) is 0 Å². The zero-order valence-electron chi connectivity index (χ0n) is 10.3. The first-order chi connectivity index (χ1) is 7.47. The van der Waals surface area contributed by atoms with Crippen molar-refractivity contribution in [2.75, 3.05) is 0 Å². The molecule has 0 spiro atoms. The lowest BCUT2D eigenvalue weighted by Gasteiger charge is -2.32. The van der Waals surface area contributed by atoms with Crippen LogP contribution in [0.2, 0.25) is 0 Å². The van der Waals surface area contributed by atoms with Crippen LogP contribution < -0.4 is 11.1 Å². The van der Waals surface area contributed by atoms with Gasteiger partial charge in [-0.2, -0.15) is 0 Å². The molecule has 3 atom stereocenters. The molecule has 0 aromatic heterocycles. The fourth-order valence-corrected chi connectivity index (χ4v) is 2.25. The van der Waals surface area contributed by atoms with E-state index < -0.39 is 11.6 Å². The lowest BCUT2D eigenvalue weighted by atomic mass is 9.90. The highest BCUT2D eigenvalue weighted by Crippen LogP contribution is 2.19. The van der Waals surface area contributed by atoms with Crippen molar-refractivity contribution >= 4 is 5.91 Å². The fourth-order valence-electron chi connectivity index (χ4n) is 2.25. The van der Waals surface area contributed by atoms with Crippen LogP contribution in [-0.2, 0) is 4.79 Å². The lowest BCUT2D eigenvalue weighted by molar-refractivity contribution is -0.128. The molecule has 1 aliphatic carbocycles. The van der Waals surface area contributed by atoms with Gasteiger partial charge in [-0.05, 0) is 26.2 Å². The molecular formula is C12H24N2O2. The second-order valence-electron chi connectivity index (χ2n) is 5.10.